The lowest BCUT2D eigenvalue weighted by Gasteiger charge is -2.11. The molecule has 0 radical (unpaired) electrons. The Bertz CT molecular complexity index is 643. The maximum atomic E-state index is 11.4. The first kappa shape index (κ1) is 12.1. The zero-order valence-corrected chi connectivity index (χ0v) is 11.1. The van der Waals surface area contributed by atoms with E-state index in [1.165, 1.54) is 0 Å². The lowest BCUT2D eigenvalue weighted by atomic mass is 10.1. The van der Waals surface area contributed by atoms with Gasteiger partial charge in [-0.2, -0.15) is 5.10 Å². The molecule has 0 aliphatic heterocycles. The van der Waals surface area contributed by atoms with E-state index in [-0.39, 0.29) is 6.04 Å². The molecule has 19 heavy (non-hydrogen) atoms. The Kier molecular flexibility index (Phi) is 2.77. The number of carboxylic acid groups (broad SMARTS) is 1. The summed E-state index contributed by atoms with van der Waals surface area (Å²) in [5.74, 6) is -0.471. The predicted molar refractivity (Wildman–Crippen MR) is 71.5 cm³/mol. The summed E-state index contributed by atoms with van der Waals surface area (Å²) in [6.45, 7) is 4.15. The number of rotatable bonds is 4. The molecule has 0 aromatic carbocycles. The molecule has 2 aromatic heterocycles. The normalized spacial score (nSPS) is 16.7. The van der Waals surface area contributed by atoms with Crippen molar-refractivity contribution in [2.45, 2.75) is 45.1 Å². The third-order valence-corrected chi connectivity index (χ3v) is 3.82. The van der Waals surface area contributed by atoms with Crippen LogP contribution in [0.3, 0.4) is 0 Å². The van der Waals surface area contributed by atoms with Gasteiger partial charge in [0.2, 0.25) is 0 Å². The van der Waals surface area contributed by atoms with Gasteiger partial charge in [0.15, 0.2) is 5.65 Å². The molecule has 1 saturated carbocycles. The van der Waals surface area contributed by atoms with Gasteiger partial charge in [-0.05, 0) is 32.3 Å². The van der Waals surface area contributed by atoms with Crippen molar-refractivity contribution in [3.8, 4) is 0 Å². The van der Waals surface area contributed by atoms with Crippen molar-refractivity contribution in [3.63, 3.8) is 0 Å². The Morgan fingerprint density at radius 1 is 1.58 bits per heavy atom. The van der Waals surface area contributed by atoms with Crippen molar-refractivity contribution in [2.75, 3.05) is 0 Å². The highest BCUT2D eigenvalue weighted by atomic mass is 16.4. The Morgan fingerprint density at radius 2 is 2.32 bits per heavy atom. The van der Waals surface area contributed by atoms with E-state index in [9.17, 15) is 9.90 Å². The monoisotopic (exact) mass is 259 g/mol. The van der Waals surface area contributed by atoms with Crippen LogP contribution in [0.25, 0.3) is 11.0 Å². The standard InChI is InChI=1S/C14H17N3O2/c1-3-8(2)17-13-11(7-15-17)10(14(18)19)6-12(16-13)9-4-5-9/h6-9H,3-5H2,1-2H3,(H,18,19). The highest BCUT2D eigenvalue weighted by Gasteiger charge is 2.28. The van der Waals surface area contributed by atoms with E-state index in [4.69, 9.17) is 0 Å². The smallest absolute Gasteiger partial charge is 0.336 e. The van der Waals surface area contributed by atoms with Crippen molar-refractivity contribution in [3.05, 3.63) is 23.5 Å². The Hall–Kier alpha value is -1.91. The molecule has 0 saturated heterocycles. The molecule has 5 nitrogen and oxygen atoms in total. The molecule has 1 unspecified atom stereocenters. The van der Waals surface area contributed by atoms with Gasteiger partial charge in [-0.1, -0.05) is 6.92 Å². The second kappa shape index (κ2) is 4.33. The molecular weight excluding hydrogens is 242 g/mol. The van der Waals surface area contributed by atoms with Gasteiger partial charge in [0.05, 0.1) is 23.2 Å². The number of hydrogen-bond acceptors (Lipinski definition) is 3. The van der Waals surface area contributed by atoms with Gasteiger partial charge in [0, 0.05) is 11.6 Å². The van der Waals surface area contributed by atoms with Crippen molar-refractivity contribution < 1.29 is 9.90 Å². The minimum Gasteiger partial charge on any atom is -0.478 e. The van der Waals surface area contributed by atoms with Crippen LogP contribution in [0.1, 0.15) is 61.1 Å². The number of carbonyl (C=O) groups is 1. The predicted octanol–water partition coefficient (Wildman–Crippen LogP) is 2.98. The molecule has 1 fully saturated rings. The third kappa shape index (κ3) is 1.99. The van der Waals surface area contributed by atoms with Gasteiger partial charge in [-0.15, -0.1) is 0 Å². The summed E-state index contributed by atoms with van der Waals surface area (Å²) in [5, 5.41) is 14.3. The van der Waals surface area contributed by atoms with Crippen molar-refractivity contribution in [1.82, 2.24) is 14.8 Å². The zero-order valence-electron chi connectivity index (χ0n) is 11.1. The SMILES string of the molecule is CCC(C)n1ncc2c(C(=O)O)cc(C3CC3)nc21. The quantitative estimate of drug-likeness (QED) is 0.916. The summed E-state index contributed by atoms with van der Waals surface area (Å²) < 4.78 is 1.84. The minimum absolute atomic E-state index is 0.223. The highest BCUT2D eigenvalue weighted by molar-refractivity contribution is 6.01. The number of aromatic nitrogens is 3. The number of nitrogens with zero attached hydrogens (tertiary/aromatic N) is 3. The maximum absolute atomic E-state index is 11.4. The molecule has 2 heterocycles. The first-order valence-electron chi connectivity index (χ1n) is 6.73. The van der Waals surface area contributed by atoms with Crippen LogP contribution in [-0.2, 0) is 0 Å². The van der Waals surface area contributed by atoms with Crippen LogP contribution in [-0.4, -0.2) is 25.8 Å². The molecule has 2 aromatic rings. The summed E-state index contributed by atoms with van der Waals surface area (Å²) >= 11 is 0. The molecule has 1 atom stereocenters. The van der Waals surface area contributed by atoms with Gasteiger partial charge in [-0.25, -0.2) is 14.5 Å². The van der Waals surface area contributed by atoms with Crippen molar-refractivity contribution >= 4 is 17.0 Å². The minimum atomic E-state index is -0.905. The van der Waals surface area contributed by atoms with Gasteiger partial charge in [0.25, 0.3) is 0 Å². The van der Waals surface area contributed by atoms with E-state index >= 15 is 0 Å². The summed E-state index contributed by atoms with van der Waals surface area (Å²) in [6.07, 6.45) is 4.77. The van der Waals surface area contributed by atoms with Gasteiger partial charge >= 0.3 is 5.97 Å². The average molecular weight is 259 g/mol. The van der Waals surface area contributed by atoms with E-state index in [0.717, 1.165) is 25.0 Å². The molecule has 100 valence electrons. The number of hydrogen-bond donors (Lipinski definition) is 1. The summed E-state index contributed by atoms with van der Waals surface area (Å²) in [7, 11) is 0. The molecule has 1 aliphatic rings. The Morgan fingerprint density at radius 3 is 2.89 bits per heavy atom. The van der Waals surface area contributed by atoms with Gasteiger partial charge < -0.3 is 5.11 Å². The van der Waals surface area contributed by atoms with Crippen LogP contribution in [0.5, 0.6) is 0 Å². The van der Waals surface area contributed by atoms with E-state index < -0.39 is 5.97 Å². The fraction of sp³-hybridized carbons (Fsp3) is 0.500. The lowest BCUT2D eigenvalue weighted by molar-refractivity contribution is 0.0699. The fourth-order valence-electron chi connectivity index (χ4n) is 2.30. The highest BCUT2D eigenvalue weighted by Crippen LogP contribution is 2.40. The molecule has 1 N–H and O–H groups in total. The van der Waals surface area contributed by atoms with Gasteiger partial charge in [-0.3, -0.25) is 0 Å². The van der Waals surface area contributed by atoms with Crippen molar-refractivity contribution in [1.29, 1.82) is 0 Å². The van der Waals surface area contributed by atoms with E-state index in [2.05, 4.69) is 23.9 Å². The molecule has 0 bridgehead atoms. The van der Waals surface area contributed by atoms with Crippen LogP contribution in [0.15, 0.2) is 12.3 Å². The molecule has 0 amide bonds. The molecular formula is C14H17N3O2. The second-order valence-electron chi connectivity index (χ2n) is 5.26. The molecule has 3 rings (SSSR count). The van der Waals surface area contributed by atoms with Crippen LogP contribution in [0, 0.1) is 0 Å². The Labute approximate surface area is 111 Å². The maximum Gasteiger partial charge on any atom is 0.336 e. The van der Waals surface area contributed by atoms with Crippen LogP contribution in [0.2, 0.25) is 0 Å². The third-order valence-electron chi connectivity index (χ3n) is 3.82. The second-order valence-corrected chi connectivity index (χ2v) is 5.26. The zero-order chi connectivity index (χ0) is 13.6. The number of aromatic carboxylic acids is 1. The average Bonchev–Trinajstić information content (AvgIpc) is 3.16. The fourth-order valence-corrected chi connectivity index (χ4v) is 2.30. The molecule has 0 spiro atoms. The summed E-state index contributed by atoms with van der Waals surface area (Å²) in [5.41, 5.74) is 1.92. The number of fused-ring (bicyclic) bond motifs is 1. The first-order valence-corrected chi connectivity index (χ1v) is 6.73. The molecule has 5 heteroatoms. The first-order chi connectivity index (χ1) is 9.11. The number of carboxylic acids is 1. The van der Waals surface area contributed by atoms with Crippen LogP contribution in [0.4, 0.5) is 0 Å². The Balaban J connectivity index is 2.24. The van der Waals surface area contributed by atoms with Gasteiger partial charge in [0.1, 0.15) is 0 Å². The van der Waals surface area contributed by atoms with E-state index in [1.807, 2.05) is 4.68 Å². The van der Waals surface area contributed by atoms with E-state index in [1.54, 1.807) is 12.3 Å². The van der Waals surface area contributed by atoms with Crippen LogP contribution < -0.4 is 0 Å². The molecule has 1 aliphatic carbocycles. The summed E-state index contributed by atoms with van der Waals surface area (Å²) in [6, 6.07) is 1.94. The number of pyridine rings is 1. The topological polar surface area (TPSA) is 68.0 Å². The lowest BCUT2D eigenvalue weighted by Crippen LogP contribution is -2.08. The van der Waals surface area contributed by atoms with Crippen LogP contribution >= 0.6 is 0 Å². The summed E-state index contributed by atoms with van der Waals surface area (Å²) in [4.78, 5) is 16.0. The van der Waals surface area contributed by atoms with E-state index in [0.29, 0.717) is 22.5 Å². The van der Waals surface area contributed by atoms with Crippen molar-refractivity contribution in [2.24, 2.45) is 0 Å². The largest absolute Gasteiger partial charge is 0.478 e.